The number of pyridine rings is 4. The summed E-state index contributed by atoms with van der Waals surface area (Å²) in [5.41, 5.74) is 1.56. The molecule has 218 valence electrons. The minimum Gasteiger partial charge on any atom is -0.753 e. The Labute approximate surface area is 266 Å². The van der Waals surface area contributed by atoms with E-state index >= 15 is 0 Å². The number of aromatic nitrogens is 4. The SMILES string of the molecule is N#C[S-].O=C(O)c1ccnc(-c2cc(C(=O)O)ccn2)c1.O=C(O)c1ccnc(-c2cc(C(=O)O)ccn2)c1.[N-]=C=S.[Ru+2]. The second-order valence-corrected chi connectivity index (χ2v) is 7.49. The van der Waals surface area contributed by atoms with Crippen molar-refractivity contribution in [2.45, 2.75) is 0 Å². The molecule has 0 spiro atoms. The van der Waals surface area contributed by atoms with E-state index in [0.717, 1.165) is 0 Å². The average Bonchev–Trinajstić information content (AvgIpc) is 2.98. The molecule has 0 unspecified atom stereocenters. The van der Waals surface area contributed by atoms with Gasteiger partial charge < -0.3 is 38.5 Å². The number of carboxylic acids is 4. The maximum Gasteiger partial charge on any atom is 2.00 e. The van der Waals surface area contributed by atoms with Gasteiger partial charge in [-0.3, -0.25) is 19.9 Å². The number of aromatic carboxylic acids is 4. The van der Waals surface area contributed by atoms with Gasteiger partial charge in [0.15, 0.2) is 0 Å². The molecule has 0 atom stereocenters. The number of thiocyanates is 1. The molecule has 4 rings (SSSR count). The van der Waals surface area contributed by atoms with Gasteiger partial charge in [0.25, 0.3) is 0 Å². The largest absolute Gasteiger partial charge is 2.00 e. The first-order valence-corrected chi connectivity index (χ1v) is 11.6. The standard InChI is InChI=1S/2C12H8N2O4.CHNS.CNS.Ru/c2*15-11(16)7-1-3-13-9(5-7)10-6-8(12(17)18)2-4-14-10;2*2-1-3;/h2*1-6H,(H,15,16)(H,17,18);3H;;/q;;;-1;+2/p-1. The summed E-state index contributed by atoms with van der Waals surface area (Å²) >= 11 is 7.40. The van der Waals surface area contributed by atoms with E-state index in [2.05, 4.69) is 44.8 Å². The monoisotopic (exact) mass is 706 g/mol. The number of carboxylic acid groups (broad SMARTS) is 4. The fraction of sp³-hybridized carbons (Fsp3) is 0. The third-order valence-corrected chi connectivity index (χ3v) is 4.55. The number of carbonyl (C=O) groups is 4. The molecular weight excluding hydrogens is 690 g/mol. The molecule has 0 saturated carbocycles. The molecule has 0 amide bonds. The summed E-state index contributed by atoms with van der Waals surface area (Å²) in [6, 6.07) is 10.8. The molecule has 0 aliphatic carbocycles. The van der Waals surface area contributed by atoms with Gasteiger partial charge in [0.05, 0.1) is 45.0 Å². The molecule has 0 saturated heterocycles. The van der Waals surface area contributed by atoms with Gasteiger partial charge in [-0.25, -0.2) is 24.4 Å². The van der Waals surface area contributed by atoms with Crippen molar-refractivity contribution in [3.8, 4) is 28.2 Å². The number of thiocarbonyl (C=S) groups is 1. The van der Waals surface area contributed by atoms with Crippen LogP contribution in [0.4, 0.5) is 0 Å². The maximum atomic E-state index is 10.8. The second kappa shape index (κ2) is 19.6. The van der Waals surface area contributed by atoms with Crippen LogP contribution in [0.2, 0.25) is 0 Å². The van der Waals surface area contributed by atoms with Crippen LogP contribution in [-0.4, -0.2) is 69.4 Å². The van der Waals surface area contributed by atoms with E-state index in [1.165, 1.54) is 83.9 Å². The van der Waals surface area contributed by atoms with E-state index in [0.29, 0.717) is 22.8 Å². The van der Waals surface area contributed by atoms with Crippen LogP contribution < -0.4 is 0 Å². The fourth-order valence-corrected chi connectivity index (χ4v) is 2.81. The first kappa shape index (κ1) is 37.6. The van der Waals surface area contributed by atoms with Crippen LogP contribution in [0.15, 0.2) is 73.3 Å². The Bertz CT molecular complexity index is 1460. The molecule has 0 aliphatic heterocycles. The molecule has 4 N–H and O–H groups in total. The zero-order chi connectivity index (χ0) is 31.7. The summed E-state index contributed by atoms with van der Waals surface area (Å²) in [7, 11) is 0. The van der Waals surface area contributed by atoms with Gasteiger partial charge in [0.2, 0.25) is 0 Å². The van der Waals surface area contributed by atoms with Crippen molar-refractivity contribution < 1.29 is 59.1 Å². The fourth-order valence-electron chi connectivity index (χ4n) is 2.81. The summed E-state index contributed by atoms with van der Waals surface area (Å²) in [6.45, 7) is 0. The van der Waals surface area contributed by atoms with Crippen LogP contribution in [0.5, 0.6) is 0 Å². The van der Waals surface area contributed by atoms with E-state index in [9.17, 15) is 19.2 Å². The summed E-state index contributed by atoms with van der Waals surface area (Å²) in [6.07, 6.45) is 5.36. The number of rotatable bonds is 6. The average molecular weight is 706 g/mol. The maximum absolute atomic E-state index is 10.8. The Hall–Kier alpha value is -5.39. The molecule has 0 aromatic carbocycles. The van der Waals surface area contributed by atoms with Crippen molar-refractivity contribution in [2.24, 2.45) is 0 Å². The van der Waals surface area contributed by atoms with Gasteiger partial charge in [-0.05, 0) is 48.5 Å². The van der Waals surface area contributed by atoms with Crippen LogP contribution in [0.3, 0.4) is 0 Å². The third-order valence-electron chi connectivity index (χ3n) is 4.55. The Kier molecular flexibility index (Phi) is 17.2. The van der Waals surface area contributed by atoms with E-state index in [1.54, 1.807) is 0 Å². The quantitative estimate of drug-likeness (QED) is 0.0733. The molecule has 0 bridgehead atoms. The zero-order valence-electron chi connectivity index (χ0n) is 21.2. The van der Waals surface area contributed by atoms with Crippen molar-refractivity contribution in [2.75, 3.05) is 0 Å². The topological polar surface area (TPSA) is 247 Å². The summed E-state index contributed by atoms with van der Waals surface area (Å²) in [5.74, 6) is -4.30. The van der Waals surface area contributed by atoms with Gasteiger partial charge in [-0.1, -0.05) is 17.6 Å². The van der Waals surface area contributed by atoms with Gasteiger partial charge >= 0.3 is 43.4 Å². The van der Waals surface area contributed by atoms with Crippen molar-refractivity contribution in [3.05, 3.63) is 101 Å². The predicted molar refractivity (Wildman–Crippen MR) is 152 cm³/mol. The smallest absolute Gasteiger partial charge is 0.753 e. The summed E-state index contributed by atoms with van der Waals surface area (Å²) in [5, 5.41) is 52.4. The predicted octanol–water partition coefficient (Wildman–Crippen LogP) is 3.75. The first-order chi connectivity index (χ1) is 20.0. The van der Waals surface area contributed by atoms with E-state index < -0.39 is 23.9 Å². The van der Waals surface area contributed by atoms with Gasteiger partial charge in [0, 0.05) is 24.8 Å². The van der Waals surface area contributed by atoms with Gasteiger partial charge in [0.1, 0.15) is 0 Å². The molecule has 4 aromatic heterocycles. The number of hydrogen-bond donors (Lipinski definition) is 4. The van der Waals surface area contributed by atoms with Crippen molar-refractivity contribution >= 4 is 53.9 Å². The molecule has 17 heteroatoms. The molecule has 0 fully saturated rings. The summed E-state index contributed by atoms with van der Waals surface area (Å²) < 4.78 is 0. The van der Waals surface area contributed by atoms with Crippen LogP contribution >= 0.6 is 12.2 Å². The Balaban J connectivity index is 0.000000680. The molecule has 14 nitrogen and oxygen atoms in total. The Morgan fingerprint density at radius 1 is 0.628 bits per heavy atom. The zero-order valence-corrected chi connectivity index (χ0v) is 24.6. The molecule has 4 heterocycles. The van der Waals surface area contributed by atoms with Crippen LogP contribution in [0, 0.1) is 10.7 Å². The molecule has 43 heavy (non-hydrogen) atoms. The van der Waals surface area contributed by atoms with Crippen molar-refractivity contribution in [3.63, 3.8) is 0 Å². The molecule has 0 aliphatic rings. The number of nitriles is 1. The van der Waals surface area contributed by atoms with Crippen LogP contribution in [0.25, 0.3) is 28.2 Å². The number of isothiocyanates is 1. The number of hydrogen-bond acceptors (Lipinski definition) is 11. The minimum absolute atomic E-state index is 0. The van der Waals surface area contributed by atoms with Crippen molar-refractivity contribution in [1.82, 2.24) is 19.9 Å². The number of nitrogens with zero attached hydrogens (tertiary/aromatic N) is 6. The second-order valence-electron chi connectivity index (χ2n) is 7.12. The van der Waals surface area contributed by atoms with Gasteiger partial charge in [-0.15, -0.1) is 0 Å². The third kappa shape index (κ3) is 12.8. The van der Waals surface area contributed by atoms with Crippen molar-refractivity contribution in [1.29, 1.82) is 5.26 Å². The minimum atomic E-state index is -1.08. The first-order valence-electron chi connectivity index (χ1n) is 10.8. The molecule has 0 radical (unpaired) electrons. The normalized spacial score (nSPS) is 8.72. The summed E-state index contributed by atoms with van der Waals surface area (Å²) in [4.78, 5) is 59.2. The Morgan fingerprint density at radius 2 is 0.791 bits per heavy atom. The van der Waals surface area contributed by atoms with E-state index in [1.807, 2.05) is 0 Å². The molecule has 4 aromatic rings. The van der Waals surface area contributed by atoms with E-state index in [4.69, 9.17) is 31.1 Å². The Morgan fingerprint density at radius 3 is 0.930 bits per heavy atom. The van der Waals surface area contributed by atoms with Crippen LogP contribution in [0.1, 0.15) is 41.4 Å². The van der Waals surface area contributed by atoms with E-state index in [-0.39, 0.29) is 41.7 Å². The van der Waals surface area contributed by atoms with Gasteiger partial charge in [-0.2, -0.15) is 5.16 Å². The van der Waals surface area contributed by atoms with Crippen LogP contribution in [-0.2, 0) is 32.1 Å². The molecular formula is C26H16N6O8RuS2.